The van der Waals surface area contributed by atoms with Gasteiger partial charge in [-0.05, 0) is 36.8 Å². The molecule has 0 aliphatic heterocycles. The number of rotatable bonds is 18. The lowest BCUT2D eigenvalue weighted by Gasteiger charge is -2.11. The monoisotopic (exact) mass is 620 g/mol. The van der Waals surface area contributed by atoms with E-state index in [9.17, 15) is 4.79 Å². The van der Waals surface area contributed by atoms with Crippen molar-refractivity contribution >= 4 is 34.5 Å². The van der Waals surface area contributed by atoms with Gasteiger partial charge in [-0.15, -0.1) is 0 Å². The summed E-state index contributed by atoms with van der Waals surface area (Å²) in [6.45, 7) is 3.70. The Bertz CT molecular complexity index is 1040. The van der Waals surface area contributed by atoms with E-state index in [1.807, 2.05) is 24.3 Å². The first-order chi connectivity index (χ1) is 18.2. The number of hydrogen-bond acceptors (Lipinski definition) is 3. The molecule has 0 bridgehead atoms. The quantitative estimate of drug-likeness (QED) is 0.138. The number of amides is 1. The molecule has 0 atom stereocenters. The molecule has 0 radical (unpaired) electrons. The van der Waals surface area contributed by atoms with Gasteiger partial charge in [-0.3, -0.25) is 4.79 Å². The minimum Gasteiger partial charge on any atom is -1.00 e. The van der Waals surface area contributed by atoms with Crippen LogP contribution >= 0.6 is 22.9 Å². The second-order valence-electron chi connectivity index (χ2n) is 9.73. The van der Waals surface area contributed by atoms with Crippen molar-refractivity contribution in [2.24, 2.45) is 0 Å². The number of anilines is 1. The Kier molecular flexibility index (Phi) is 16.3. The average Bonchev–Trinajstić information content (AvgIpc) is 3.42. The highest BCUT2D eigenvalue weighted by Crippen LogP contribution is 2.26. The average molecular weight is 622 g/mol. The Labute approximate surface area is 248 Å². The molecule has 0 unspecified atom stereocenters. The number of aromatic nitrogens is 1. The van der Waals surface area contributed by atoms with E-state index in [0.29, 0.717) is 22.9 Å². The fourth-order valence-electron chi connectivity index (χ4n) is 4.34. The van der Waals surface area contributed by atoms with E-state index in [4.69, 9.17) is 16.3 Å². The molecule has 2 aromatic carbocycles. The molecule has 0 fully saturated rings. The van der Waals surface area contributed by atoms with Crippen LogP contribution in [-0.4, -0.2) is 12.5 Å². The highest BCUT2D eigenvalue weighted by atomic mass is 79.9. The SMILES string of the molecule is CCCCCCCCCCCCCCOc1cc(C(=O)Nc2ccc(C[n+]3ccsc3)cc2)ccc1Cl.[Br-]. The highest BCUT2D eigenvalue weighted by Gasteiger charge is 2.11. The van der Waals surface area contributed by atoms with E-state index < -0.39 is 0 Å². The normalized spacial score (nSPS) is 10.7. The van der Waals surface area contributed by atoms with Crippen LogP contribution in [0.25, 0.3) is 0 Å². The minimum absolute atomic E-state index is 0. The van der Waals surface area contributed by atoms with Crippen LogP contribution in [0.15, 0.2) is 59.6 Å². The number of nitrogens with zero attached hydrogens (tertiary/aromatic N) is 1. The van der Waals surface area contributed by atoms with Crippen molar-refractivity contribution in [3.8, 4) is 5.75 Å². The summed E-state index contributed by atoms with van der Waals surface area (Å²) in [5, 5.41) is 5.55. The number of ether oxygens (including phenoxy) is 1. The molecule has 7 heteroatoms. The van der Waals surface area contributed by atoms with Crippen LogP contribution in [0.3, 0.4) is 0 Å². The second-order valence-corrected chi connectivity index (χ2v) is 10.9. The number of halogens is 2. The molecule has 1 aromatic heterocycles. The lowest BCUT2D eigenvalue weighted by molar-refractivity contribution is -0.683. The number of benzene rings is 2. The van der Waals surface area contributed by atoms with Crippen LogP contribution in [0.4, 0.5) is 5.69 Å². The van der Waals surface area contributed by atoms with Gasteiger partial charge in [0.25, 0.3) is 5.91 Å². The van der Waals surface area contributed by atoms with Crippen molar-refractivity contribution in [3.05, 3.63) is 75.7 Å². The predicted octanol–water partition coefficient (Wildman–Crippen LogP) is 6.07. The van der Waals surface area contributed by atoms with Gasteiger partial charge in [0.05, 0.1) is 17.0 Å². The van der Waals surface area contributed by atoms with Gasteiger partial charge in [-0.1, -0.05) is 113 Å². The van der Waals surface area contributed by atoms with Crippen molar-refractivity contribution in [2.45, 2.75) is 90.5 Å². The minimum atomic E-state index is -0.174. The Morgan fingerprint density at radius 3 is 2.13 bits per heavy atom. The second kappa shape index (κ2) is 19.2. The molecule has 1 N–H and O–H groups in total. The van der Waals surface area contributed by atoms with E-state index in [1.165, 1.54) is 69.8 Å². The Balaban J connectivity index is 0.00000507. The standard InChI is InChI=1S/C31H41ClN2O2S.BrH/c1-2-3-4-5-6-7-8-9-10-11-12-13-21-36-30-23-27(16-19-29(30)32)31(35)33-28-17-14-26(15-18-28)24-34-20-22-37-25-34;/h14-20,22-23,25H,2-13,21,24H2,1H3;1H. The Morgan fingerprint density at radius 1 is 0.895 bits per heavy atom. The van der Waals surface area contributed by atoms with E-state index in [2.05, 4.69) is 33.9 Å². The summed E-state index contributed by atoms with van der Waals surface area (Å²) in [5.41, 5.74) is 4.56. The maximum absolute atomic E-state index is 12.8. The van der Waals surface area contributed by atoms with Crippen molar-refractivity contribution < 1.29 is 31.1 Å². The van der Waals surface area contributed by atoms with Crippen LogP contribution in [0.5, 0.6) is 5.75 Å². The summed E-state index contributed by atoms with van der Waals surface area (Å²) in [4.78, 5) is 12.8. The molecule has 1 amide bonds. The van der Waals surface area contributed by atoms with Gasteiger partial charge in [-0.2, -0.15) is 4.57 Å². The summed E-state index contributed by atoms with van der Waals surface area (Å²) in [6.07, 6.45) is 17.8. The molecule has 3 aromatic rings. The molecule has 0 saturated carbocycles. The molecule has 0 aliphatic carbocycles. The largest absolute Gasteiger partial charge is 1.00 e. The van der Waals surface area contributed by atoms with Crippen molar-refractivity contribution in [1.82, 2.24) is 0 Å². The molecule has 4 nitrogen and oxygen atoms in total. The van der Waals surface area contributed by atoms with Gasteiger partial charge in [0.2, 0.25) is 5.51 Å². The topological polar surface area (TPSA) is 42.2 Å². The lowest BCUT2D eigenvalue weighted by Crippen LogP contribution is -3.00. The lowest BCUT2D eigenvalue weighted by atomic mass is 10.1. The van der Waals surface area contributed by atoms with E-state index in [-0.39, 0.29) is 22.9 Å². The van der Waals surface area contributed by atoms with Crippen molar-refractivity contribution in [3.63, 3.8) is 0 Å². The smallest absolute Gasteiger partial charge is 0.255 e. The molecular weight excluding hydrogens is 580 g/mol. The van der Waals surface area contributed by atoms with Gasteiger partial charge >= 0.3 is 0 Å². The number of carbonyl (C=O) groups excluding carboxylic acids is 1. The Hall–Kier alpha value is -1.89. The molecular formula is C31H42BrClN2O2S. The van der Waals surface area contributed by atoms with Crippen molar-refractivity contribution in [1.29, 1.82) is 0 Å². The van der Waals surface area contributed by atoms with Crippen LogP contribution in [-0.2, 0) is 6.54 Å². The van der Waals surface area contributed by atoms with Crippen LogP contribution in [0, 0.1) is 0 Å². The number of thiazole rings is 1. The number of nitrogens with one attached hydrogen (secondary N) is 1. The number of carbonyl (C=O) groups is 1. The molecule has 1 heterocycles. The zero-order chi connectivity index (χ0) is 26.1. The third kappa shape index (κ3) is 12.3. The summed E-state index contributed by atoms with van der Waals surface area (Å²) >= 11 is 8.00. The molecule has 0 spiro atoms. The van der Waals surface area contributed by atoms with E-state index >= 15 is 0 Å². The molecule has 38 heavy (non-hydrogen) atoms. The van der Waals surface area contributed by atoms with E-state index in [1.54, 1.807) is 29.5 Å². The van der Waals surface area contributed by atoms with Gasteiger partial charge in [0, 0.05) is 16.8 Å². The fourth-order valence-corrected chi connectivity index (χ4v) is 5.11. The zero-order valence-electron chi connectivity index (χ0n) is 22.6. The highest BCUT2D eigenvalue weighted by molar-refractivity contribution is 7.07. The van der Waals surface area contributed by atoms with Gasteiger partial charge in [0.1, 0.15) is 5.75 Å². The first kappa shape index (κ1) is 32.3. The van der Waals surface area contributed by atoms with E-state index in [0.717, 1.165) is 25.1 Å². The summed E-state index contributed by atoms with van der Waals surface area (Å²) in [7, 11) is 0. The summed E-state index contributed by atoms with van der Waals surface area (Å²) in [6, 6.07) is 13.1. The van der Waals surface area contributed by atoms with Crippen LogP contribution in [0.2, 0.25) is 5.02 Å². The zero-order valence-corrected chi connectivity index (χ0v) is 25.8. The Morgan fingerprint density at radius 2 is 1.53 bits per heavy atom. The first-order valence-electron chi connectivity index (χ1n) is 13.9. The van der Waals surface area contributed by atoms with Gasteiger partial charge in [0.15, 0.2) is 12.7 Å². The number of unbranched alkanes of at least 4 members (excludes halogenated alkanes) is 11. The fraction of sp³-hybridized carbons (Fsp3) is 0.484. The van der Waals surface area contributed by atoms with Gasteiger partial charge < -0.3 is 27.0 Å². The predicted molar refractivity (Wildman–Crippen MR) is 156 cm³/mol. The molecule has 0 aliphatic rings. The molecule has 0 saturated heterocycles. The maximum atomic E-state index is 12.8. The molecule has 3 rings (SSSR count). The molecule has 208 valence electrons. The van der Waals surface area contributed by atoms with Gasteiger partial charge in [-0.25, -0.2) is 0 Å². The first-order valence-corrected chi connectivity index (χ1v) is 15.2. The number of hydrogen-bond donors (Lipinski definition) is 1. The third-order valence-corrected chi connectivity index (χ3v) is 7.54. The van der Waals surface area contributed by atoms with Crippen LogP contribution in [0.1, 0.15) is 99.9 Å². The summed E-state index contributed by atoms with van der Waals surface area (Å²) < 4.78 is 8.05. The van der Waals surface area contributed by atoms with Crippen molar-refractivity contribution in [2.75, 3.05) is 11.9 Å². The third-order valence-electron chi connectivity index (χ3n) is 6.55. The maximum Gasteiger partial charge on any atom is 0.255 e. The summed E-state index contributed by atoms with van der Waals surface area (Å²) in [5.74, 6) is 0.396. The van der Waals surface area contributed by atoms with Crippen LogP contribution < -0.4 is 31.6 Å².